The van der Waals surface area contributed by atoms with Gasteiger partial charge in [-0.2, -0.15) is 0 Å². The highest BCUT2D eigenvalue weighted by atomic mass is 19.4. The number of hydrogen-bond acceptors (Lipinski definition) is 4. The molecule has 0 bridgehead atoms. The molecule has 2 aliphatic heterocycles. The molecule has 24 heavy (non-hydrogen) atoms. The molecule has 1 saturated heterocycles. The van der Waals surface area contributed by atoms with Crippen LogP contribution in [0.2, 0.25) is 0 Å². The van der Waals surface area contributed by atoms with Crippen LogP contribution >= 0.6 is 0 Å². The summed E-state index contributed by atoms with van der Waals surface area (Å²) in [6.07, 6.45) is -2.16. The first-order valence-electron chi connectivity index (χ1n) is 8.12. The Labute approximate surface area is 139 Å². The third-order valence-electron chi connectivity index (χ3n) is 4.70. The van der Waals surface area contributed by atoms with E-state index in [4.69, 9.17) is 4.84 Å². The van der Waals surface area contributed by atoms with Gasteiger partial charge in [-0.15, -0.1) is 13.2 Å². The van der Waals surface area contributed by atoms with Crippen molar-refractivity contribution in [2.45, 2.75) is 51.1 Å². The van der Waals surface area contributed by atoms with Crippen molar-refractivity contribution in [3.05, 3.63) is 29.8 Å². The van der Waals surface area contributed by atoms with E-state index in [9.17, 15) is 13.2 Å². The SMILES string of the molecule is CC(C)N1CCC2(CC1)CC(c1ccc(OC(F)(F)F)cc1)=NO2. The van der Waals surface area contributed by atoms with Crippen LogP contribution in [0.4, 0.5) is 13.2 Å². The van der Waals surface area contributed by atoms with Crippen molar-refractivity contribution in [3.8, 4) is 5.75 Å². The minimum Gasteiger partial charge on any atom is -0.406 e. The number of oxime groups is 1. The summed E-state index contributed by atoms with van der Waals surface area (Å²) in [5.74, 6) is -0.231. The Hall–Kier alpha value is -1.76. The zero-order chi connectivity index (χ0) is 17.4. The summed E-state index contributed by atoms with van der Waals surface area (Å²) in [7, 11) is 0. The number of halogens is 3. The van der Waals surface area contributed by atoms with Gasteiger partial charge in [-0.3, -0.25) is 0 Å². The van der Waals surface area contributed by atoms with Crippen molar-refractivity contribution in [3.63, 3.8) is 0 Å². The van der Waals surface area contributed by atoms with Gasteiger partial charge < -0.3 is 14.5 Å². The number of nitrogens with zero attached hydrogens (tertiary/aromatic N) is 2. The van der Waals surface area contributed by atoms with E-state index in [0.29, 0.717) is 12.5 Å². The maximum absolute atomic E-state index is 12.2. The Kier molecular flexibility index (Phi) is 4.46. The topological polar surface area (TPSA) is 34.1 Å². The summed E-state index contributed by atoms with van der Waals surface area (Å²) in [5, 5.41) is 4.19. The molecule has 0 amide bonds. The maximum atomic E-state index is 12.2. The standard InChI is InChI=1S/C17H21F3N2O2/c1-12(2)22-9-7-16(8-10-22)11-15(21-24-16)13-3-5-14(6-4-13)23-17(18,19)20/h3-6,12H,7-11H2,1-2H3. The van der Waals surface area contributed by atoms with E-state index in [1.165, 1.54) is 12.1 Å². The molecule has 0 atom stereocenters. The molecule has 3 rings (SSSR count). The van der Waals surface area contributed by atoms with E-state index in [1.54, 1.807) is 12.1 Å². The van der Waals surface area contributed by atoms with Crippen molar-refractivity contribution < 1.29 is 22.7 Å². The lowest BCUT2D eigenvalue weighted by Crippen LogP contribution is -2.46. The van der Waals surface area contributed by atoms with Crippen LogP contribution in [0.3, 0.4) is 0 Å². The molecule has 1 aromatic carbocycles. The largest absolute Gasteiger partial charge is 0.573 e. The van der Waals surface area contributed by atoms with Crippen LogP contribution in [-0.2, 0) is 4.84 Å². The molecule has 0 unspecified atom stereocenters. The normalized spacial score (nSPS) is 21.0. The fourth-order valence-electron chi connectivity index (χ4n) is 3.24. The van der Waals surface area contributed by atoms with Crippen molar-refractivity contribution in [2.75, 3.05) is 13.1 Å². The van der Waals surface area contributed by atoms with Gasteiger partial charge in [0, 0.05) is 38.4 Å². The van der Waals surface area contributed by atoms with Crippen LogP contribution in [0.25, 0.3) is 0 Å². The summed E-state index contributed by atoms with van der Waals surface area (Å²) in [4.78, 5) is 8.15. The van der Waals surface area contributed by atoms with Crippen LogP contribution in [0.15, 0.2) is 29.4 Å². The third-order valence-corrected chi connectivity index (χ3v) is 4.70. The van der Waals surface area contributed by atoms with Crippen LogP contribution in [0.1, 0.15) is 38.7 Å². The highest BCUT2D eigenvalue weighted by Gasteiger charge is 2.42. The van der Waals surface area contributed by atoms with E-state index in [0.717, 1.165) is 37.2 Å². The first kappa shape index (κ1) is 17.1. The molecular formula is C17H21F3N2O2. The molecular weight excluding hydrogens is 321 g/mol. The number of benzene rings is 1. The lowest BCUT2D eigenvalue weighted by Gasteiger charge is -2.39. The molecule has 2 heterocycles. The van der Waals surface area contributed by atoms with Gasteiger partial charge in [-0.25, -0.2) is 0 Å². The molecule has 7 heteroatoms. The number of alkyl halides is 3. The smallest absolute Gasteiger partial charge is 0.406 e. The average Bonchev–Trinajstić information content (AvgIpc) is 2.91. The summed E-state index contributed by atoms with van der Waals surface area (Å²) in [6, 6.07) is 6.30. The Morgan fingerprint density at radius 1 is 1.17 bits per heavy atom. The zero-order valence-corrected chi connectivity index (χ0v) is 13.8. The number of likely N-dealkylation sites (tertiary alicyclic amines) is 1. The van der Waals surface area contributed by atoms with E-state index in [-0.39, 0.29) is 11.4 Å². The third kappa shape index (κ3) is 3.83. The molecule has 4 nitrogen and oxygen atoms in total. The molecule has 0 aliphatic carbocycles. The maximum Gasteiger partial charge on any atom is 0.573 e. The second-order valence-electron chi connectivity index (χ2n) is 6.69. The first-order valence-corrected chi connectivity index (χ1v) is 8.12. The fourth-order valence-corrected chi connectivity index (χ4v) is 3.24. The summed E-state index contributed by atoms with van der Waals surface area (Å²) in [6.45, 7) is 6.30. The molecule has 0 saturated carbocycles. The predicted molar refractivity (Wildman–Crippen MR) is 84.0 cm³/mol. The molecule has 1 spiro atoms. The number of hydrogen-bond donors (Lipinski definition) is 0. The summed E-state index contributed by atoms with van der Waals surface area (Å²) < 4.78 is 40.5. The number of ether oxygens (including phenoxy) is 1. The molecule has 1 aromatic rings. The Balaban J connectivity index is 1.62. The van der Waals surface area contributed by atoms with Gasteiger partial charge in [0.2, 0.25) is 0 Å². The quantitative estimate of drug-likeness (QED) is 0.834. The molecule has 2 aliphatic rings. The zero-order valence-electron chi connectivity index (χ0n) is 13.8. The van der Waals surface area contributed by atoms with Gasteiger partial charge >= 0.3 is 6.36 Å². The molecule has 0 radical (unpaired) electrons. The monoisotopic (exact) mass is 342 g/mol. The fraction of sp³-hybridized carbons (Fsp3) is 0.588. The minimum absolute atomic E-state index is 0.231. The Morgan fingerprint density at radius 2 is 1.79 bits per heavy atom. The number of rotatable bonds is 3. The van der Waals surface area contributed by atoms with E-state index >= 15 is 0 Å². The molecule has 0 aromatic heterocycles. The van der Waals surface area contributed by atoms with Crippen molar-refractivity contribution in [1.82, 2.24) is 4.90 Å². The van der Waals surface area contributed by atoms with Crippen LogP contribution in [-0.4, -0.2) is 41.7 Å². The molecule has 132 valence electrons. The lowest BCUT2D eigenvalue weighted by molar-refractivity contribution is -0.274. The highest BCUT2D eigenvalue weighted by Crippen LogP contribution is 2.36. The van der Waals surface area contributed by atoms with E-state index in [2.05, 4.69) is 28.6 Å². The predicted octanol–water partition coefficient (Wildman–Crippen LogP) is 3.95. The van der Waals surface area contributed by atoms with Crippen LogP contribution in [0.5, 0.6) is 5.75 Å². The van der Waals surface area contributed by atoms with Gasteiger partial charge in [-0.1, -0.05) is 5.16 Å². The van der Waals surface area contributed by atoms with Gasteiger partial charge in [0.25, 0.3) is 0 Å². The first-order chi connectivity index (χ1) is 11.3. The van der Waals surface area contributed by atoms with Crippen LogP contribution in [0, 0.1) is 0 Å². The van der Waals surface area contributed by atoms with Crippen LogP contribution < -0.4 is 4.74 Å². The van der Waals surface area contributed by atoms with Gasteiger partial charge in [-0.05, 0) is 43.7 Å². The Bertz CT molecular complexity index is 603. The minimum atomic E-state index is -4.68. The van der Waals surface area contributed by atoms with Gasteiger partial charge in [0.1, 0.15) is 11.4 Å². The Morgan fingerprint density at radius 3 is 2.33 bits per heavy atom. The number of piperidine rings is 1. The molecule has 0 N–H and O–H groups in total. The van der Waals surface area contributed by atoms with Crippen molar-refractivity contribution in [2.24, 2.45) is 5.16 Å². The van der Waals surface area contributed by atoms with E-state index in [1.807, 2.05) is 0 Å². The summed E-state index contributed by atoms with van der Waals surface area (Å²) >= 11 is 0. The van der Waals surface area contributed by atoms with Crippen molar-refractivity contribution in [1.29, 1.82) is 0 Å². The average molecular weight is 342 g/mol. The summed E-state index contributed by atoms with van der Waals surface area (Å²) in [5.41, 5.74) is 1.29. The second kappa shape index (κ2) is 6.27. The second-order valence-corrected chi connectivity index (χ2v) is 6.69. The van der Waals surface area contributed by atoms with Gasteiger partial charge in [0.15, 0.2) is 0 Å². The lowest BCUT2D eigenvalue weighted by atomic mass is 9.85. The van der Waals surface area contributed by atoms with E-state index < -0.39 is 6.36 Å². The van der Waals surface area contributed by atoms with Gasteiger partial charge in [0.05, 0.1) is 5.71 Å². The van der Waals surface area contributed by atoms with Crippen molar-refractivity contribution >= 4 is 5.71 Å². The highest BCUT2D eigenvalue weighted by molar-refractivity contribution is 6.01. The molecule has 1 fully saturated rings.